The third-order valence-corrected chi connectivity index (χ3v) is 4.64. The first-order valence-corrected chi connectivity index (χ1v) is 7.47. The maximum atomic E-state index is 11.9. The highest BCUT2D eigenvalue weighted by molar-refractivity contribution is 6.20. The minimum atomic E-state index is 0.0963. The topological polar surface area (TPSA) is 29.1 Å². The number of carbonyl (C=O) groups is 1. The SMILES string of the molecule is Cc1ccc(CC(=O)NCC2CCCC2Cl)cc1C. The average molecular weight is 280 g/mol. The molecular weight excluding hydrogens is 258 g/mol. The molecule has 19 heavy (non-hydrogen) atoms. The Morgan fingerprint density at radius 2 is 2.11 bits per heavy atom. The second kappa shape index (κ2) is 6.42. The molecule has 0 heterocycles. The van der Waals surface area contributed by atoms with Crippen LogP contribution in [-0.4, -0.2) is 17.8 Å². The van der Waals surface area contributed by atoms with E-state index >= 15 is 0 Å². The van der Waals surface area contributed by atoms with Gasteiger partial charge in [-0.1, -0.05) is 24.6 Å². The number of aryl methyl sites for hydroxylation is 2. The minimum absolute atomic E-state index is 0.0963. The summed E-state index contributed by atoms with van der Waals surface area (Å²) in [6, 6.07) is 6.19. The molecule has 2 rings (SSSR count). The van der Waals surface area contributed by atoms with Crippen molar-refractivity contribution in [1.82, 2.24) is 5.32 Å². The number of halogens is 1. The number of nitrogens with one attached hydrogen (secondary N) is 1. The molecule has 0 bridgehead atoms. The number of benzene rings is 1. The molecule has 1 aromatic carbocycles. The summed E-state index contributed by atoms with van der Waals surface area (Å²) in [6.45, 7) is 4.88. The molecule has 1 N–H and O–H groups in total. The third-order valence-electron chi connectivity index (χ3n) is 4.06. The quantitative estimate of drug-likeness (QED) is 0.841. The first-order valence-electron chi connectivity index (χ1n) is 7.03. The van der Waals surface area contributed by atoms with Gasteiger partial charge in [0.1, 0.15) is 0 Å². The van der Waals surface area contributed by atoms with Crippen molar-refractivity contribution in [2.75, 3.05) is 6.54 Å². The van der Waals surface area contributed by atoms with Gasteiger partial charge in [0.05, 0.1) is 6.42 Å². The van der Waals surface area contributed by atoms with Crippen LogP contribution in [0.3, 0.4) is 0 Å². The van der Waals surface area contributed by atoms with Crippen LogP contribution in [0.1, 0.15) is 36.0 Å². The monoisotopic (exact) mass is 279 g/mol. The molecule has 2 atom stereocenters. The summed E-state index contributed by atoms with van der Waals surface area (Å²) in [5.74, 6) is 0.546. The molecule has 0 saturated heterocycles. The standard InChI is InChI=1S/C16H22ClNO/c1-11-6-7-13(8-12(11)2)9-16(19)18-10-14-4-3-5-15(14)17/h6-8,14-15H,3-5,9-10H2,1-2H3,(H,18,19). The molecule has 2 unspecified atom stereocenters. The summed E-state index contributed by atoms with van der Waals surface area (Å²) >= 11 is 6.21. The Labute approximate surface area is 120 Å². The molecule has 1 saturated carbocycles. The molecule has 0 aliphatic heterocycles. The average Bonchev–Trinajstić information content (AvgIpc) is 2.77. The molecule has 104 valence electrons. The fourth-order valence-corrected chi connectivity index (χ4v) is 3.00. The van der Waals surface area contributed by atoms with Crippen LogP contribution in [0, 0.1) is 19.8 Å². The van der Waals surface area contributed by atoms with Gasteiger partial charge in [-0.2, -0.15) is 0 Å². The molecule has 1 fully saturated rings. The normalized spacial score (nSPS) is 22.5. The highest BCUT2D eigenvalue weighted by Gasteiger charge is 2.25. The Bertz CT molecular complexity index is 458. The lowest BCUT2D eigenvalue weighted by Crippen LogP contribution is -2.32. The molecule has 0 spiro atoms. The molecule has 3 heteroatoms. The fraction of sp³-hybridized carbons (Fsp3) is 0.562. The van der Waals surface area contributed by atoms with E-state index in [1.165, 1.54) is 17.5 Å². The number of rotatable bonds is 4. The minimum Gasteiger partial charge on any atom is -0.355 e. The Kier molecular flexibility index (Phi) is 4.87. The molecule has 1 aliphatic carbocycles. The van der Waals surface area contributed by atoms with Crippen molar-refractivity contribution in [2.24, 2.45) is 5.92 Å². The number of carbonyl (C=O) groups excluding carboxylic acids is 1. The van der Waals surface area contributed by atoms with Crippen LogP contribution in [-0.2, 0) is 11.2 Å². The van der Waals surface area contributed by atoms with Crippen LogP contribution >= 0.6 is 11.6 Å². The summed E-state index contributed by atoms with van der Waals surface area (Å²) in [7, 11) is 0. The molecule has 1 amide bonds. The first kappa shape index (κ1) is 14.4. The predicted octanol–water partition coefficient (Wildman–Crippen LogP) is 3.37. The summed E-state index contributed by atoms with van der Waals surface area (Å²) < 4.78 is 0. The van der Waals surface area contributed by atoms with Crippen LogP contribution in [0.25, 0.3) is 0 Å². The van der Waals surface area contributed by atoms with E-state index in [1.807, 2.05) is 6.07 Å². The Morgan fingerprint density at radius 3 is 2.74 bits per heavy atom. The van der Waals surface area contributed by atoms with Crippen LogP contribution < -0.4 is 5.32 Å². The van der Waals surface area contributed by atoms with Crippen LogP contribution in [0.5, 0.6) is 0 Å². The maximum Gasteiger partial charge on any atom is 0.224 e. The van der Waals surface area contributed by atoms with Crippen molar-refractivity contribution < 1.29 is 4.79 Å². The van der Waals surface area contributed by atoms with Gasteiger partial charge in [0.25, 0.3) is 0 Å². The largest absolute Gasteiger partial charge is 0.355 e. The van der Waals surface area contributed by atoms with E-state index in [-0.39, 0.29) is 11.3 Å². The number of amides is 1. The van der Waals surface area contributed by atoms with Gasteiger partial charge in [-0.3, -0.25) is 4.79 Å². The van der Waals surface area contributed by atoms with Crippen molar-refractivity contribution in [3.63, 3.8) is 0 Å². The van der Waals surface area contributed by atoms with Crippen molar-refractivity contribution in [3.8, 4) is 0 Å². The van der Waals surface area contributed by atoms with Gasteiger partial charge in [0.15, 0.2) is 0 Å². The third kappa shape index (κ3) is 3.97. The van der Waals surface area contributed by atoms with Gasteiger partial charge in [-0.05, 0) is 49.3 Å². The van der Waals surface area contributed by atoms with E-state index in [1.54, 1.807) is 0 Å². The van der Waals surface area contributed by atoms with E-state index in [4.69, 9.17) is 11.6 Å². The molecule has 0 aromatic heterocycles. The molecular formula is C16H22ClNO. The zero-order chi connectivity index (χ0) is 13.8. The summed E-state index contributed by atoms with van der Waals surface area (Å²) in [5, 5.41) is 3.25. The van der Waals surface area contributed by atoms with E-state index in [2.05, 4.69) is 31.3 Å². The smallest absolute Gasteiger partial charge is 0.224 e. The first-order chi connectivity index (χ1) is 9.06. The Hall–Kier alpha value is -1.02. The van der Waals surface area contributed by atoms with E-state index < -0.39 is 0 Å². The van der Waals surface area contributed by atoms with Crippen molar-refractivity contribution in [2.45, 2.75) is 44.9 Å². The van der Waals surface area contributed by atoms with Gasteiger partial charge in [0, 0.05) is 11.9 Å². The van der Waals surface area contributed by atoms with Gasteiger partial charge < -0.3 is 5.32 Å². The van der Waals surface area contributed by atoms with Gasteiger partial charge in [-0.15, -0.1) is 11.6 Å². The number of hydrogen-bond donors (Lipinski definition) is 1. The lowest BCUT2D eigenvalue weighted by atomic mass is 10.0. The highest BCUT2D eigenvalue weighted by atomic mass is 35.5. The van der Waals surface area contributed by atoms with E-state index in [9.17, 15) is 4.79 Å². The van der Waals surface area contributed by atoms with Gasteiger partial charge >= 0.3 is 0 Å². The molecule has 0 radical (unpaired) electrons. The van der Waals surface area contributed by atoms with Crippen molar-refractivity contribution in [3.05, 3.63) is 34.9 Å². The van der Waals surface area contributed by atoms with Crippen molar-refractivity contribution in [1.29, 1.82) is 0 Å². The molecule has 1 aliphatic rings. The van der Waals surface area contributed by atoms with Gasteiger partial charge in [0.2, 0.25) is 5.91 Å². The summed E-state index contributed by atoms with van der Waals surface area (Å²) in [5.41, 5.74) is 3.58. The highest BCUT2D eigenvalue weighted by Crippen LogP contribution is 2.29. The maximum absolute atomic E-state index is 11.9. The van der Waals surface area contributed by atoms with Gasteiger partial charge in [-0.25, -0.2) is 0 Å². The number of alkyl halides is 1. The summed E-state index contributed by atoms with van der Waals surface area (Å²) in [4.78, 5) is 11.9. The lowest BCUT2D eigenvalue weighted by Gasteiger charge is -2.14. The lowest BCUT2D eigenvalue weighted by molar-refractivity contribution is -0.120. The van der Waals surface area contributed by atoms with E-state index in [0.717, 1.165) is 24.9 Å². The second-order valence-corrected chi connectivity index (χ2v) is 6.17. The molecule has 1 aromatic rings. The van der Waals surface area contributed by atoms with Crippen LogP contribution in [0.15, 0.2) is 18.2 Å². The zero-order valence-corrected chi connectivity index (χ0v) is 12.5. The summed E-state index contributed by atoms with van der Waals surface area (Å²) in [6.07, 6.45) is 3.87. The Morgan fingerprint density at radius 1 is 1.32 bits per heavy atom. The fourth-order valence-electron chi connectivity index (χ4n) is 2.63. The Balaban J connectivity index is 1.82. The zero-order valence-electron chi connectivity index (χ0n) is 11.7. The van der Waals surface area contributed by atoms with Crippen molar-refractivity contribution >= 4 is 17.5 Å². The number of hydrogen-bond acceptors (Lipinski definition) is 1. The van der Waals surface area contributed by atoms with Crippen LogP contribution in [0.2, 0.25) is 0 Å². The van der Waals surface area contributed by atoms with Crippen LogP contribution in [0.4, 0.5) is 0 Å². The van der Waals surface area contributed by atoms with E-state index in [0.29, 0.717) is 12.3 Å². The predicted molar refractivity (Wildman–Crippen MR) is 79.6 cm³/mol. The molecule has 2 nitrogen and oxygen atoms in total. The second-order valence-electron chi connectivity index (χ2n) is 5.61.